The molecular formula is C22H22ClNO4S2. The van der Waals surface area contributed by atoms with E-state index in [-0.39, 0.29) is 23.5 Å². The van der Waals surface area contributed by atoms with Crippen molar-refractivity contribution in [3.8, 4) is 5.75 Å². The van der Waals surface area contributed by atoms with Gasteiger partial charge in [0.1, 0.15) is 10.6 Å². The van der Waals surface area contributed by atoms with Gasteiger partial charge in [0.05, 0.1) is 23.6 Å². The Bertz CT molecular complexity index is 1200. The van der Waals surface area contributed by atoms with Gasteiger partial charge in [-0.1, -0.05) is 35.9 Å². The average molecular weight is 464 g/mol. The summed E-state index contributed by atoms with van der Waals surface area (Å²) in [7, 11) is -1.55. The Morgan fingerprint density at radius 1 is 1.23 bits per heavy atom. The highest BCUT2D eigenvalue weighted by Crippen LogP contribution is 2.37. The van der Waals surface area contributed by atoms with Gasteiger partial charge in [0.2, 0.25) is 0 Å². The molecule has 0 aliphatic carbocycles. The number of aryl methyl sites for hydroxylation is 1. The number of ether oxygens (including phenoxy) is 1. The number of amides is 1. The molecule has 4 rings (SSSR count). The number of thiophene rings is 1. The molecule has 0 unspecified atom stereocenters. The van der Waals surface area contributed by atoms with E-state index in [9.17, 15) is 13.2 Å². The first-order valence-electron chi connectivity index (χ1n) is 9.60. The molecule has 1 aromatic heterocycles. The van der Waals surface area contributed by atoms with E-state index in [0.29, 0.717) is 22.9 Å². The van der Waals surface area contributed by atoms with Crippen LogP contribution in [0.15, 0.2) is 42.5 Å². The van der Waals surface area contributed by atoms with Gasteiger partial charge in [-0.15, -0.1) is 11.3 Å². The first-order chi connectivity index (χ1) is 14.3. The summed E-state index contributed by atoms with van der Waals surface area (Å²) in [5, 5.41) is 1.28. The highest BCUT2D eigenvalue weighted by atomic mass is 35.5. The molecule has 0 spiro atoms. The number of hydrogen-bond donors (Lipinski definition) is 0. The minimum absolute atomic E-state index is 0.0173. The number of carbonyl (C=O) groups is 1. The van der Waals surface area contributed by atoms with Crippen LogP contribution in [-0.4, -0.2) is 43.9 Å². The van der Waals surface area contributed by atoms with E-state index in [1.807, 2.05) is 49.4 Å². The molecule has 8 heteroatoms. The summed E-state index contributed by atoms with van der Waals surface area (Å²) in [6.45, 7) is 2.31. The molecule has 158 valence electrons. The van der Waals surface area contributed by atoms with Crippen LogP contribution in [0.4, 0.5) is 0 Å². The zero-order chi connectivity index (χ0) is 21.5. The summed E-state index contributed by atoms with van der Waals surface area (Å²) >= 11 is 7.94. The Kier molecular flexibility index (Phi) is 5.79. The fraction of sp³-hybridized carbons (Fsp3) is 0.318. The van der Waals surface area contributed by atoms with Crippen LogP contribution in [0.2, 0.25) is 5.02 Å². The van der Waals surface area contributed by atoms with Gasteiger partial charge in [0.25, 0.3) is 5.91 Å². The second-order valence-electron chi connectivity index (χ2n) is 7.58. The van der Waals surface area contributed by atoms with Gasteiger partial charge >= 0.3 is 0 Å². The van der Waals surface area contributed by atoms with Gasteiger partial charge in [-0.25, -0.2) is 8.42 Å². The van der Waals surface area contributed by atoms with E-state index in [2.05, 4.69) is 0 Å². The van der Waals surface area contributed by atoms with Crippen molar-refractivity contribution in [3.05, 3.63) is 63.5 Å². The minimum atomic E-state index is -3.14. The third-order valence-corrected chi connectivity index (χ3v) is 8.80. The van der Waals surface area contributed by atoms with Crippen LogP contribution in [0.3, 0.4) is 0 Å². The predicted octanol–water partition coefficient (Wildman–Crippen LogP) is 4.70. The fourth-order valence-electron chi connectivity index (χ4n) is 3.76. The topological polar surface area (TPSA) is 63.7 Å². The summed E-state index contributed by atoms with van der Waals surface area (Å²) in [5.41, 5.74) is 2.00. The number of fused-ring (bicyclic) bond motifs is 1. The van der Waals surface area contributed by atoms with Crippen LogP contribution in [-0.2, 0) is 16.4 Å². The maximum Gasteiger partial charge on any atom is 0.266 e. The number of nitrogens with zero attached hydrogens (tertiary/aromatic N) is 1. The van der Waals surface area contributed by atoms with E-state index in [1.165, 1.54) is 11.3 Å². The lowest BCUT2D eigenvalue weighted by Gasteiger charge is -2.28. The number of halogens is 1. The van der Waals surface area contributed by atoms with Crippen molar-refractivity contribution in [1.29, 1.82) is 0 Å². The lowest BCUT2D eigenvalue weighted by atomic mass is 10.1. The quantitative estimate of drug-likeness (QED) is 0.550. The molecular weight excluding hydrogens is 442 g/mol. The zero-order valence-electron chi connectivity index (χ0n) is 16.7. The van der Waals surface area contributed by atoms with Crippen molar-refractivity contribution in [2.45, 2.75) is 25.9 Å². The molecule has 1 aliphatic heterocycles. The molecule has 1 saturated heterocycles. The van der Waals surface area contributed by atoms with Crippen molar-refractivity contribution < 1.29 is 17.9 Å². The predicted molar refractivity (Wildman–Crippen MR) is 121 cm³/mol. The zero-order valence-corrected chi connectivity index (χ0v) is 19.1. The Balaban J connectivity index is 1.71. The molecule has 2 aromatic carbocycles. The molecule has 1 aliphatic rings. The summed E-state index contributed by atoms with van der Waals surface area (Å²) in [6, 6.07) is 13.0. The van der Waals surface area contributed by atoms with Crippen LogP contribution in [0.5, 0.6) is 5.75 Å². The normalized spacial score (nSPS) is 17.9. The first kappa shape index (κ1) is 21.2. The molecule has 1 atom stereocenters. The molecule has 3 aromatic rings. The summed E-state index contributed by atoms with van der Waals surface area (Å²) in [4.78, 5) is 15.7. The van der Waals surface area contributed by atoms with Gasteiger partial charge in [0.15, 0.2) is 9.84 Å². The number of carbonyl (C=O) groups excluding carboxylic acids is 1. The monoisotopic (exact) mass is 463 g/mol. The van der Waals surface area contributed by atoms with E-state index >= 15 is 0 Å². The van der Waals surface area contributed by atoms with Gasteiger partial charge in [-0.3, -0.25) is 4.79 Å². The molecule has 1 fully saturated rings. The van der Waals surface area contributed by atoms with Crippen LogP contribution < -0.4 is 4.74 Å². The number of sulfone groups is 1. The third-order valence-electron chi connectivity index (χ3n) is 5.40. The van der Waals surface area contributed by atoms with E-state index in [0.717, 1.165) is 27.0 Å². The second-order valence-corrected chi connectivity index (χ2v) is 11.2. The van der Waals surface area contributed by atoms with E-state index in [4.69, 9.17) is 16.3 Å². The van der Waals surface area contributed by atoms with Crippen molar-refractivity contribution >= 4 is 48.8 Å². The summed E-state index contributed by atoms with van der Waals surface area (Å²) in [6.07, 6.45) is 0.436. The van der Waals surface area contributed by atoms with Gasteiger partial charge < -0.3 is 9.64 Å². The summed E-state index contributed by atoms with van der Waals surface area (Å²) in [5.74, 6) is 0.583. The third kappa shape index (κ3) is 4.19. The molecule has 2 heterocycles. The molecule has 0 radical (unpaired) electrons. The first-order valence-corrected chi connectivity index (χ1v) is 12.6. The minimum Gasteiger partial charge on any atom is -0.497 e. The highest BCUT2D eigenvalue weighted by molar-refractivity contribution is 7.91. The molecule has 5 nitrogen and oxygen atoms in total. The van der Waals surface area contributed by atoms with Gasteiger partial charge in [0, 0.05) is 22.7 Å². The number of methoxy groups -OCH3 is 1. The van der Waals surface area contributed by atoms with E-state index < -0.39 is 9.84 Å². The van der Waals surface area contributed by atoms with E-state index in [1.54, 1.807) is 12.0 Å². The molecule has 0 N–H and O–H groups in total. The Morgan fingerprint density at radius 2 is 1.97 bits per heavy atom. The Labute approximate surface area is 185 Å². The number of hydrogen-bond acceptors (Lipinski definition) is 5. The largest absolute Gasteiger partial charge is 0.497 e. The van der Waals surface area contributed by atoms with Crippen LogP contribution in [0.1, 0.15) is 27.2 Å². The average Bonchev–Trinajstić information content (AvgIpc) is 3.24. The molecule has 30 heavy (non-hydrogen) atoms. The SMILES string of the molecule is COc1ccc(CN(C(=O)c2sc3cc(C)ccc3c2Cl)[C@H]2CCS(=O)(=O)C2)cc1. The van der Waals surface area contributed by atoms with Crippen LogP contribution in [0, 0.1) is 6.92 Å². The molecule has 0 bridgehead atoms. The Hall–Kier alpha value is -2.09. The maximum atomic E-state index is 13.6. The van der Waals surface area contributed by atoms with Crippen LogP contribution >= 0.6 is 22.9 Å². The number of benzene rings is 2. The van der Waals surface area contributed by atoms with Crippen molar-refractivity contribution in [2.24, 2.45) is 0 Å². The fourth-order valence-corrected chi connectivity index (χ4v) is 7.05. The smallest absolute Gasteiger partial charge is 0.266 e. The standard InChI is InChI=1S/C22H22ClNO4S2/c1-14-3-8-18-19(11-14)29-21(20(18)23)22(25)24(16-9-10-30(26,27)13-16)12-15-4-6-17(28-2)7-5-15/h3-8,11,16H,9-10,12-13H2,1-2H3/t16-/m0/s1. The second kappa shape index (κ2) is 8.21. The molecule has 1 amide bonds. The van der Waals surface area contributed by atoms with Crippen LogP contribution in [0.25, 0.3) is 10.1 Å². The van der Waals surface area contributed by atoms with Gasteiger partial charge in [-0.2, -0.15) is 0 Å². The summed E-state index contributed by atoms with van der Waals surface area (Å²) < 4.78 is 30.4. The maximum absolute atomic E-state index is 13.6. The van der Waals surface area contributed by atoms with Crippen molar-refractivity contribution in [1.82, 2.24) is 4.90 Å². The van der Waals surface area contributed by atoms with Crippen molar-refractivity contribution in [2.75, 3.05) is 18.6 Å². The lowest BCUT2D eigenvalue weighted by molar-refractivity contribution is 0.0686. The van der Waals surface area contributed by atoms with Crippen molar-refractivity contribution in [3.63, 3.8) is 0 Å². The number of rotatable bonds is 5. The molecule has 0 saturated carbocycles. The Morgan fingerprint density at radius 3 is 2.60 bits per heavy atom. The highest BCUT2D eigenvalue weighted by Gasteiger charge is 2.36. The van der Waals surface area contributed by atoms with Gasteiger partial charge in [-0.05, 0) is 42.7 Å². The lowest BCUT2D eigenvalue weighted by Crippen LogP contribution is -2.40.